The quantitative estimate of drug-likeness (QED) is 0.565. The molecule has 0 unspecified atom stereocenters. The summed E-state index contributed by atoms with van der Waals surface area (Å²) >= 11 is 0. The third-order valence-electron chi connectivity index (χ3n) is 3.02. The van der Waals surface area contributed by atoms with Crippen LogP contribution in [0, 0.1) is 10.1 Å². The summed E-state index contributed by atoms with van der Waals surface area (Å²) in [6, 6.07) is 6.67. The molecule has 3 aromatic rings. The van der Waals surface area contributed by atoms with Crippen molar-refractivity contribution < 1.29 is 9.45 Å². The van der Waals surface area contributed by atoms with Gasteiger partial charge in [0.25, 0.3) is 5.69 Å². The van der Waals surface area contributed by atoms with Gasteiger partial charge < -0.3 is 9.84 Å². The lowest BCUT2D eigenvalue weighted by molar-refractivity contribution is -0.383. The monoisotopic (exact) mass is 285 g/mol. The second kappa shape index (κ2) is 5.53. The zero-order chi connectivity index (χ0) is 14.7. The van der Waals surface area contributed by atoms with Crippen LogP contribution in [0.15, 0.2) is 41.4 Å². The molecule has 0 fully saturated rings. The van der Waals surface area contributed by atoms with Crippen molar-refractivity contribution in [2.45, 2.75) is 6.42 Å². The number of nitro benzene ring substituents is 1. The van der Waals surface area contributed by atoms with Crippen molar-refractivity contribution >= 4 is 22.3 Å². The van der Waals surface area contributed by atoms with Crippen molar-refractivity contribution in [1.82, 2.24) is 15.1 Å². The molecule has 0 bridgehead atoms. The molecule has 1 N–H and O–H groups in total. The number of nitrogens with zero attached hydrogens (tertiary/aromatic N) is 4. The molecular formula is C13H11N5O3. The molecule has 1 aromatic carbocycles. The van der Waals surface area contributed by atoms with Crippen LogP contribution in [0.25, 0.3) is 10.9 Å². The Morgan fingerprint density at radius 3 is 2.95 bits per heavy atom. The summed E-state index contributed by atoms with van der Waals surface area (Å²) in [5, 5.41) is 18.6. The average Bonchev–Trinajstić information content (AvgIpc) is 3.00. The van der Waals surface area contributed by atoms with Crippen molar-refractivity contribution in [3.63, 3.8) is 0 Å². The molecule has 2 heterocycles. The Labute approximate surface area is 119 Å². The first-order chi connectivity index (χ1) is 10.3. The smallest absolute Gasteiger partial charge is 0.295 e. The van der Waals surface area contributed by atoms with E-state index in [1.165, 1.54) is 12.5 Å². The Kier molecular flexibility index (Phi) is 3.42. The van der Waals surface area contributed by atoms with Gasteiger partial charge in [0.05, 0.1) is 4.92 Å². The molecule has 0 saturated heterocycles. The highest BCUT2D eigenvalue weighted by molar-refractivity contribution is 5.96. The Hall–Kier alpha value is -3.03. The molecule has 0 aliphatic heterocycles. The van der Waals surface area contributed by atoms with Crippen LogP contribution < -0.4 is 5.32 Å². The zero-order valence-corrected chi connectivity index (χ0v) is 10.9. The van der Waals surface area contributed by atoms with Crippen LogP contribution >= 0.6 is 0 Å². The van der Waals surface area contributed by atoms with Crippen LogP contribution in [0.2, 0.25) is 0 Å². The number of fused-ring (bicyclic) bond motifs is 1. The van der Waals surface area contributed by atoms with Gasteiger partial charge in [-0.05, 0) is 18.2 Å². The van der Waals surface area contributed by atoms with Crippen molar-refractivity contribution in [3.05, 3.63) is 52.8 Å². The summed E-state index contributed by atoms with van der Waals surface area (Å²) in [6.07, 6.45) is 3.41. The van der Waals surface area contributed by atoms with Gasteiger partial charge in [0.1, 0.15) is 5.52 Å². The minimum absolute atomic E-state index is 0.00526. The number of hydrogen-bond donors (Lipinski definition) is 1. The van der Waals surface area contributed by atoms with Gasteiger partial charge in [-0.15, -0.1) is 0 Å². The van der Waals surface area contributed by atoms with Gasteiger partial charge in [-0.3, -0.25) is 10.1 Å². The molecule has 8 nitrogen and oxygen atoms in total. The predicted octanol–water partition coefficient (Wildman–Crippen LogP) is 2.18. The molecule has 0 amide bonds. The number of benzene rings is 1. The molecular weight excluding hydrogens is 274 g/mol. The maximum absolute atomic E-state index is 11.0. The minimum Gasteiger partial charge on any atom is -0.384 e. The summed E-state index contributed by atoms with van der Waals surface area (Å²) in [5.41, 5.74) is 1.15. The highest BCUT2D eigenvalue weighted by atomic mass is 16.6. The Morgan fingerprint density at radius 1 is 1.29 bits per heavy atom. The van der Waals surface area contributed by atoms with E-state index in [0.717, 1.165) is 5.69 Å². The van der Waals surface area contributed by atoms with Crippen molar-refractivity contribution in [2.24, 2.45) is 0 Å². The van der Waals surface area contributed by atoms with E-state index in [2.05, 4.69) is 25.0 Å². The number of nitro groups is 1. The van der Waals surface area contributed by atoms with Crippen molar-refractivity contribution in [2.75, 3.05) is 11.9 Å². The normalized spacial score (nSPS) is 10.7. The lowest BCUT2D eigenvalue weighted by Crippen LogP contribution is -2.06. The Morgan fingerprint density at radius 2 is 2.19 bits per heavy atom. The lowest BCUT2D eigenvalue weighted by atomic mass is 10.1. The third-order valence-corrected chi connectivity index (χ3v) is 3.02. The van der Waals surface area contributed by atoms with Crippen LogP contribution in [0.1, 0.15) is 5.82 Å². The Bertz CT molecular complexity index is 773. The SMILES string of the molecule is O=[N+]([O-])c1ccc(NCCc2ncon2)c2cccnc12. The molecule has 0 saturated carbocycles. The molecule has 0 radical (unpaired) electrons. The van der Waals surface area contributed by atoms with Gasteiger partial charge in [0.15, 0.2) is 5.82 Å². The molecule has 8 heteroatoms. The van der Waals surface area contributed by atoms with E-state index in [-0.39, 0.29) is 5.69 Å². The van der Waals surface area contributed by atoms with Gasteiger partial charge in [0.2, 0.25) is 6.39 Å². The van der Waals surface area contributed by atoms with Gasteiger partial charge in [-0.2, -0.15) is 4.98 Å². The van der Waals surface area contributed by atoms with E-state index in [1.807, 2.05) is 0 Å². The third kappa shape index (κ3) is 2.64. The van der Waals surface area contributed by atoms with Crippen LogP contribution in [0.3, 0.4) is 0 Å². The fourth-order valence-electron chi connectivity index (χ4n) is 2.07. The standard InChI is InChI=1S/C13H11N5O3/c19-18(20)11-4-3-10(9-2-1-6-15-13(9)11)14-7-5-12-16-8-21-17-12/h1-4,6,8,14H,5,7H2. The molecule has 0 aliphatic carbocycles. The van der Waals surface area contributed by atoms with Gasteiger partial charge in [-0.25, -0.2) is 4.98 Å². The number of pyridine rings is 1. The fraction of sp³-hybridized carbons (Fsp3) is 0.154. The number of nitrogens with one attached hydrogen (secondary N) is 1. The van der Waals surface area contributed by atoms with Crippen LogP contribution in [0.4, 0.5) is 11.4 Å². The summed E-state index contributed by atoms with van der Waals surface area (Å²) in [4.78, 5) is 18.6. The lowest BCUT2D eigenvalue weighted by Gasteiger charge is -2.08. The van der Waals surface area contributed by atoms with Crippen LogP contribution in [0.5, 0.6) is 0 Å². The van der Waals surface area contributed by atoms with E-state index < -0.39 is 4.92 Å². The molecule has 21 heavy (non-hydrogen) atoms. The van der Waals surface area contributed by atoms with Crippen molar-refractivity contribution in [3.8, 4) is 0 Å². The summed E-state index contributed by atoms with van der Waals surface area (Å²) in [5.74, 6) is 0.604. The van der Waals surface area contributed by atoms with Crippen molar-refractivity contribution in [1.29, 1.82) is 0 Å². The zero-order valence-electron chi connectivity index (χ0n) is 10.9. The largest absolute Gasteiger partial charge is 0.384 e. The fourth-order valence-corrected chi connectivity index (χ4v) is 2.07. The van der Waals surface area contributed by atoms with Gasteiger partial charge >= 0.3 is 0 Å². The number of anilines is 1. The first-order valence-corrected chi connectivity index (χ1v) is 6.27. The first-order valence-electron chi connectivity index (χ1n) is 6.27. The summed E-state index contributed by atoms with van der Waals surface area (Å²) in [6.45, 7) is 0.585. The van der Waals surface area contributed by atoms with E-state index in [4.69, 9.17) is 0 Å². The Balaban J connectivity index is 1.85. The van der Waals surface area contributed by atoms with E-state index in [0.29, 0.717) is 29.7 Å². The van der Waals surface area contributed by atoms with E-state index in [9.17, 15) is 10.1 Å². The molecule has 3 rings (SSSR count). The second-order valence-corrected chi connectivity index (χ2v) is 4.31. The summed E-state index contributed by atoms with van der Waals surface area (Å²) < 4.78 is 4.66. The van der Waals surface area contributed by atoms with Gasteiger partial charge in [0, 0.05) is 36.3 Å². The number of aromatic nitrogens is 3. The molecule has 0 aliphatic rings. The molecule has 2 aromatic heterocycles. The molecule has 0 atom stereocenters. The average molecular weight is 285 g/mol. The van der Waals surface area contributed by atoms with Crippen LogP contribution in [-0.4, -0.2) is 26.6 Å². The number of hydrogen-bond acceptors (Lipinski definition) is 7. The van der Waals surface area contributed by atoms with Crippen LogP contribution in [-0.2, 0) is 6.42 Å². The highest BCUT2D eigenvalue weighted by Crippen LogP contribution is 2.29. The molecule has 106 valence electrons. The minimum atomic E-state index is -0.432. The first kappa shape index (κ1) is 13.0. The van der Waals surface area contributed by atoms with E-state index in [1.54, 1.807) is 24.4 Å². The van der Waals surface area contributed by atoms with Gasteiger partial charge in [-0.1, -0.05) is 5.16 Å². The topological polar surface area (TPSA) is 107 Å². The maximum Gasteiger partial charge on any atom is 0.295 e. The predicted molar refractivity (Wildman–Crippen MR) is 74.9 cm³/mol. The number of non-ortho nitro benzene ring substituents is 1. The highest BCUT2D eigenvalue weighted by Gasteiger charge is 2.15. The van der Waals surface area contributed by atoms with E-state index >= 15 is 0 Å². The maximum atomic E-state index is 11.0. The number of rotatable bonds is 5. The molecule has 0 spiro atoms. The second-order valence-electron chi connectivity index (χ2n) is 4.31. The summed E-state index contributed by atoms with van der Waals surface area (Å²) in [7, 11) is 0.